The summed E-state index contributed by atoms with van der Waals surface area (Å²) in [6, 6.07) is 9.37. The van der Waals surface area contributed by atoms with Crippen molar-refractivity contribution in [1.29, 1.82) is 0 Å². The van der Waals surface area contributed by atoms with E-state index in [1.807, 2.05) is 38.1 Å². The van der Waals surface area contributed by atoms with Gasteiger partial charge in [-0.2, -0.15) is 0 Å². The summed E-state index contributed by atoms with van der Waals surface area (Å²) in [6.07, 6.45) is 0. The van der Waals surface area contributed by atoms with Crippen LogP contribution in [0.4, 0.5) is 5.69 Å². The molecule has 3 rings (SSSR count). The maximum atomic E-state index is 12.4. The molecule has 114 valence electrons. The van der Waals surface area contributed by atoms with Crippen LogP contribution in [0, 0.1) is 13.8 Å². The normalized spacial score (nSPS) is 12.9. The average Bonchev–Trinajstić information content (AvgIpc) is 2.47. The molecule has 0 saturated heterocycles. The Kier molecular flexibility index (Phi) is 4.07. The molecule has 4 nitrogen and oxygen atoms in total. The van der Waals surface area contributed by atoms with Gasteiger partial charge in [0, 0.05) is 22.2 Å². The van der Waals surface area contributed by atoms with Crippen molar-refractivity contribution >= 4 is 27.5 Å². The molecule has 1 aliphatic rings. The first kappa shape index (κ1) is 14.9. The number of hydrogen-bond acceptors (Lipinski definition) is 3. The zero-order valence-corrected chi connectivity index (χ0v) is 14.0. The molecule has 2 aromatic carbocycles. The number of amides is 1. The number of hydrogen-bond donors (Lipinski definition) is 1. The number of nitrogens with one attached hydrogen (secondary N) is 1. The van der Waals surface area contributed by atoms with Gasteiger partial charge in [-0.15, -0.1) is 0 Å². The van der Waals surface area contributed by atoms with Gasteiger partial charge in [-0.1, -0.05) is 17.2 Å². The second kappa shape index (κ2) is 6.01. The fourth-order valence-electron chi connectivity index (χ4n) is 2.46. The number of fused-ring (bicyclic) bond motifs is 1. The molecule has 1 heterocycles. The van der Waals surface area contributed by atoms with Gasteiger partial charge in [-0.3, -0.25) is 4.79 Å². The molecule has 1 N–H and O–H groups in total. The predicted octanol–water partition coefficient (Wildman–Crippen LogP) is 4.09. The quantitative estimate of drug-likeness (QED) is 0.876. The van der Waals surface area contributed by atoms with Gasteiger partial charge in [0.1, 0.15) is 13.2 Å². The van der Waals surface area contributed by atoms with E-state index in [1.54, 1.807) is 6.07 Å². The molecule has 0 fully saturated rings. The molecule has 0 atom stereocenters. The van der Waals surface area contributed by atoms with Crippen LogP contribution in [-0.4, -0.2) is 19.1 Å². The minimum Gasteiger partial charge on any atom is -0.486 e. The van der Waals surface area contributed by atoms with E-state index in [9.17, 15) is 4.79 Å². The van der Waals surface area contributed by atoms with Gasteiger partial charge in [0.15, 0.2) is 11.5 Å². The summed E-state index contributed by atoms with van der Waals surface area (Å²) in [6.45, 7) is 5.00. The van der Waals surface area contributed by atoms with Crippen LogP contribution in [0.5, 0.6) is 11.5 Å². The zero-order chi connectivity index (χ0) is 15.7. The predicted molar refractivity (Wildman–Crippen MR) is 89.0 cm³/mol. The number of ether oxygens (including phenoxy) is 2. The third-order valence-corrected chi connectivity index (χ3v) is 4.02. The molecule has 0 spiro atoms. The fourth-order valence-corrected chi connectivity index (χ4v) is 2.88. The Balaban J connectivity index is 1.87. The molecule has 22 heavy (non-hydrogen) atoms. The summed E-state index contributed by atoms with van der Waals surface area (Å²) >= 11 is 3.46. The SMILES string of the molecule is Cc1cc(C)cc(C(=O)Nc2cc3c(cc2Br)OCCO3)c1. The van der Waals surface area contributed by atoms with Crippen molar-refractivity contribution in [2.45, 2.75) is 13.8 Å². The minimum absolute atomic E-state index is 0.149. The molecular weight excluding hydrogens is 346 g/mol. The Labute approximate surface area is 137 Å². The lowest BCUT2D eigenvalue weighted by Crippen LogP contribution is -2.17. The van der Waals surface area contributed by atoms with Gasteiger partial charge in [0.25, 0.3) is 5.91 Å². The van der Waals surface area contributed by atoms with Crippen LogP contribution in [0.15, 0.2) is 34.8 Å². The monoisotopic (exact) mass is 361 g/mol. The lowest BCUT2D eigenvalue weighted by molar-refractivity contribution is 0.102. The Morgan fingerprint density at radius 1 is 1.00 bits per heavy atom. The molecule has 0 aliphatic carbocycles. The van der Waals surface area contributed by atoms with Crippen LogP contribution in [0.3, 0.4) is 0 Å². The third kappa shape index (κ3) is 3.09. The van der Waals surface area contributed by atoms with Crippen LogP contribution in [0.2, 0.25) is 0 Å². The van der Waals surface area contributed by atoms with Crippen molar-refractivity contribution in [1.82, 2.24) is 0 Å². The zero-order valence-electron chi connectivity index (χ0n) is 12.4. The van der Waals surface area contributed by atoms with Crippen LogP contribution < -0.4 is 14.8 Å². The van der Waals surface area contributed by atoms with Gasteiger partial charge in [0.05, 0.1) is 5.69 Å². The fraction of sp³-hybridized carbons (Fsp3) is 0.235. The average molecular weight is 362 g/mol. The summed E-state index contributed by atoms with van der Waals surface area (Å²) < 4.78 is 11.8. The van der Waals surface area contributed by atoms with E-state index in [0.29, 0.717) is 36.0 Å². The van der Waals surface area contributed by atoms with Crippen molar-refractivity contribution in [3.05, 3.63) is 51.5 Å². The van der Waals surface area contributed by atoms with Gasteiger partial charge in [-0.05, 0) is 41.9 Å². The molecule has 2 aromatic rings. The van der Waals surface area contributed by atoms with Crippen molar-refractivity contribution in [2.24, 2.45) is 0 Å². The Hall–Kier alpha value is -2.01. The van der Waals surface area contributed by atoms with Crippen molar-refractivity contribution in [3.8, 4) is 11.5 Å². The van der Waals surface area contributed by atoms with E-state index >= 15 is 0 Å². The van der Waals surface area contributed by atoms with Crippen LogP contribution in [-0.2, 0) is 0 Å². The smallest absolute Gasteiger partial charge is 0.255 e. The first-order valence-electron chi connectivity index (χ1n) is 7.02. The maximum absolute atomic E-state index is 12.4. The molecule has 5 heteroatoms. The van der Waals surface area contributed by atoms with Crippen LogP contribution in [0.25, 0.3) is 0 Å². The van der Waals surface area contributed by atoms with E-state index in [2.05, 4.69) is 21.2 Å². The van der Waals surface area contributed by atoms with E-state index in [0.717, 1.165) is 15.6 Å². The number of halogens is 1. The molecule has 1 aliphatic heterocycles. The molecule has 1 amide bonds. The van der Waals surface area contributed by atoms with Gasteiger partial charge >= 0.3 is 0 Å². The molecule has 0 aromatic heterocycles. The number of carbonyl (C=O) groups excluding carboxylic acids is 1. The molecular formula is C17H16BrNO3. The Morgan fingerprint density at radius 3 is 2.23 bits per heavy atom. The highest BCUT2D eigenvalue weighted by Gasteiger charge is 2.16. The van der Waals surface area contributed by atoms with E-state index < -0.39 is 0 Å². The highest BCUT2D eigenvalue weighted by molar-refractivity contribution is 9.10. The Bertz CT molecular complexity index is 723. The van der Waals surface area contributed by atoms with E-state index in [4.69, 9.17) is 9.47 Å². The number of anilines is 1. The molecule has 0 saturated carbocycles. The van der Waals surface area contributed by atoms with Crippen LogP contribution in [0.1, 0.15) is 21.5 Å². The van der Waals surface area contributed by atoms with Gasteiger partial charge in [0.2, 0.25) is 0 Å². The summed E-state index contributed by atoms with van der Waals surface area (Å²) in [5.74, 6) is 1.18. The second-order valence-electron chi connectivity index (χ2n) is 5.31. The van der Waals surface area contributed by atoms with E-state index in [1.165, 1.54) is 0 Å². The number of benzene rings is 2. The first-order chi connectivity index (χ1) is 10.5. The van der Waals surface area contributed by atoms with Crippen molar-refractivity contribution in [3.63, 3.8) is 0 Å². The summed E-state index contributed by atoms with van der Waals surface area (Å²) in [7, 11) is 0. The highest BCUT2D eigenvalue weighted by Crippen LogP contribution is 2.38. The minimum atomic E-state index is -0.149. The lowest BCUT2D eigenvalue weighted by Gasteiger charge is -2.20. The van der Waals surface area contributed by atoms with E-state index in [-0.39, 0.29) is 5.91 Å². The molecule has 0 unspecified atom stereocenters. The summed E-state index contributed by atoms with van der Waals surface area (Å²) in [5.41, 5.74) is 3.42. The molecule has 0 bridgehead atoms. The topological polar surface area (TPSA) is 47.6 Å². The first-order valence-corrected chi connectivity index (χ1v) is 7.81. The second-order valence-corrected chi connectivity index (χ2v) is 6.16. The van der Waals surface area contributed by atoms with Gasteiger partial charge < -0.3 is 14.8 Å². The number of carbonyl (C=O) groups is 1. The Morgan fingerprint density at radius 2 is 1.59 bits per heavy atom. The highest BCUT2D eigenvalue weighted by atomic mass is 79.9. The van der Waals surface area contributed by atoms with Crippen LogP contribution >= 0.6 is 15.9 Å². The molecule has 0 radical (unpaired) electrons. The summed E-state index contributed by atoms with van der Waals surface area (Å²) in [4.78, 5) is 12.4. The van der Waals surface area contributed by atoms with Crippen molar-refractivity contribution < 1.29 is 14.3 Å². The third-order valence-electron chi connectivity index (χ3n) is 3.36. The maximum Gasteiger partial charge on any atom is 0.255 e. The van der Waals surface area contributed by atoms with Crippen molar-refractivity contribution in [2.75, 3.05) is 18.5 Å². The number of rotatable bonds is 2. The van der Waals surface area contributed by atoms with Gasteiger partial charge in [-0.25, -0.2) is 0 Å². The number of aryl methyl sites for hydroxylation is 2. The lowest BCUT2D eigenvalue weighted by atomic mass is 10.1. The largest absolute Gasteiger partial charge is 0.486 e. The standard InChI is InChI=1S/C17H16BrNO3/c1-10-5-11(2)7-12(6-10)17(20)19-14-9-16-15(8-13(14)18)21-3-4-22-16/h5-9H,3-4H2,1-2H3,(H,19,20). The summed E-state index contributed by atoms with van der Waals surface area (Å²) in [5, 5.41) is 2.91.